The van der Waals surface area contributed by atoms with Crippen molar-refractivity contribution in [3.05, 3.63) is 30.3 Å². The van der Waals surface area contributed by atoms with Crippen molar-refractivity contribution in [2.24, 2.45) is 0 Å². The Morgan fingerprint density at radius 1 is 1.00 bits per heavy atom. The van der Waals surface area contributed by atoms with Crippen molar-refractivity contribution in [1.29, 1.82) is 0 Å². The molecule has 1 aromatic rings. The second-order valence-corrected chi connectivity index (χ2v) is 2.27. The van der Waals surface area contributed by atoms with Gasteiger partial charge >= 0.3 is 6.36 Å². The lowest BCUT2D eigenvalue weighted by atomic mass is 10.3. The van der Waals surface area contributed by atoms with Crippen molar-refractivity contribution in [2.75, 3.05) is 14.2 Å². The normalized spacial score (nSPS) is 10.1. The molecular weight excluding hydrogens is 197 g/mol. The van der Waals surface area contributed by atoms with Crippen LogP contribution in [-0.2, 0) is 4.74 Å². The average molecular weight is 208 g/mol. The van der Waals surface area contributed by atoms with Crippen molar-refractivity contribution in [3.8, 4) is 5.75 Å². The highest BCUT2D eigenvalue weighted by Crippen LogP contribution is 2.21. The van der Waals surface area contributed by atoms with E-state index in [1.54, 1.807) is 20.3 Å². The van der Waals surface area contributed by atoms with Crippen molar-refractivity contribution in [3.63, 3.8) is 0 Å². The van der Waals surface area contributed by atoms with Crippen LogP contribution in [0.1, 0.15) is 0 Å². The van der Waals surface area contributed by atoms with Crippen molar-refractivity contribution in [1.82, 2.24) is 0 Å². The summed E-state index contributed by atoms with van der Waals surface area (Å²) in [5, 5.41) is 0. The molecule has 0 unspecified atom stereocenters. The fourth-order valence-electron chi connectivity index (χ4n) is 0.622. The first-order chi connectivity index (χ1) is 6.49. The van der Waals surface area contributed by atoms with Crippen LogP contribution < -0.4 is 4.74 Å². The zero-order valence-corrected chi connectivity index (χ0v) is 7.84. The highest BCUT2D eigenvalue weighted by molar-refractivity contribution is 5.20. The predicted octanol–water partition coefficient (Wildman–Crippen LogP) is 2.85. The molecule has 0 aliphatic rings. The van der Waals surface area contributed by atoms with E-state index in [1.165, 1.54) is 24.3 Å². The predicted molar refractivity (Wildman–Crippen MR) is 46.1 cm³/mol. The van der Waals surface area contributed by atoms with Crippen molar-refractivity contribution in [2.45, 2.75) is 6.36 Å². The molecule has 0 amide bonds. The van der Waals surface area contributed by atoms with Crippen LogP contribution in [0.2, 0.25) is 0 Å². The van der Waals surface area contributed by atoms with Crippen LogP contribution in [0.4, 0.5) is 13.2 Å². The first-order valence-electron chi connectivity index (χ1n) is 3.70. The van der Waals surface area contributed by atoms with E-state index >= 15 is 0 Å². The van der Waals surface area contributed by atoms with Gasteiger partial charge in [-0.15, -0.1) is 13.2 Å². The number of halogens is 3. The molecule has 0 aliphatic heterocycles. The van der Waals surface area contributed by atoms with Crippen molar-refractivity contribution >= 4 is 0 Å². The molecule has 14 heavy (non-hydrogen) atoms. The highest BCUT2D eigenvalue weighted by Gasteiger charge is 2.30. The molecule has 0 radical (unpaired) electrons. The lowest BCUT2D eigenvalue weighted by Crippen LogP contribution is -2.16. The Morgan fingerprint density at radius 2 is 1.43 bits per heavy atom. The van der Waals surface area contributed by atoms with Gasteiger partial charge in [0.05, 0.1) is 0 Å². The van der Waals surface area contributed by atoms with Crippen LogP contribution in [0, 0.1) is 0 Å². The Kier molecular flexibility index (Phi) is 5.71. The number of benzene rings is 1. The van der Waals surface area contributed by atoms with Crippen molar-refractivity contribution < 1.29 is 22.6 Å². The summed E-state index contributed by atoms with van der Waals surface area (Å²) >= 11 is 0. The minimum absolute atomic E-state index is 0.194. The number of hydrogen-bond acceptors (Lipinski definition) is 2. The number of hydrogen-bond donors (Lipinski definition) is 0. The molecule has 0 bridgehead atoms. The minimum atomic E-state index is -4.60. The molecular formula is C9H11F3O2. The number of ether oxygens (including phenoxy) is 2. The Morgan fingerprint density at radius 3 is 1.79 bits per heavy atom. The highest BCUT2D eigenvalue weighted by atomic mass is 19.4. The van der Waals surface area contributed by atoms with Gasteiger partial charge in [0.2, 0.25) is 0 Å². The van der Waals surface area contributed by atoms with Gasteiger partial charge in [0.15, 0.2) is 0 Å². The number of alkyl halides is 3. The van der Waals surface area contributed by atoms with E-state index < -0.39 is 6.36 Å². The third-order valence-corrected chi connectivity index (χ3v) is 0.977. The fraction of sp³-hybridized carbons (Fsp3) is 0.333. The van der Waals surface area contributed by atoms with Gasteiger partial charge < -0.3 is 9.47 Å². The maximum absolute atomic E-state index is 11.5. The van der Waals surface area contributed by atoms with Crippen LogP contribution in [0.15, 0.2) is 30.3 Å². The second-order valence-electron chi connectivity index (χ2n) is 2.27. The maximum atomic E-state index is 11.5. The molecule has 2 nitrogen and oxygen atoms in total. The summed E-state index contributed by atoms with van der Waals surface area (Å²) in [4.78, 5) is 0. The van der Waals surface area contributed by atoms with E-state index in [9.17, 15) is 13.2 Å². The van der Waals surface area contributed by atoms with E-state index in [0.717, 1.165) is 0 Å². The zero-order valence-electron chi connectivity index (χ0n) is 7.84. The van der Waals surface area contributed by atoms with E-state index in [4.69, 9.17) is 0 Å². The summed E-state index contributed by atoms with van der Waals surface area (Å²) in [5.41, 5.74) is 0. The van der Waals surface area contributed by atoms with E-state index in [-0.39, 0.29) is 5.75 Å². The third-order valence-electron chi connectivity index (χ3n) is 0.977. The summed E-state index contributed by atoms with van der Waals surface area (Å²) in [6, 6.07) is 7.05. The Hall–Kier alpha value is -1.23. The van der Waals surface area contributed by atoms with Crippen LogP contribution >= 0.6 is 0 Å². The molecule has 0 heterocycles. The Labute approximate surface area is 80.3 Å². The number of para-hydroxylation sites is 1. The lowest BCUT2D eigenvalue weighted by molar-refractivity contribution is -0.274. The molecule has 0 spiro atoms. The quantitative estimate of drug-likeness (QED) is 0.706. The van der Waals surface area contributed by atoms with Gasteiger partial charge in [-0.1, -0.05) is 18.2 Å². The molecule has 0 atom stereocenters. The summed E-state index contributed by atoms with van der Waals surface area (Å²) in [7, 11) is 3.25. The zero-order chi connectivity index (χ0) is 11.0. The number of rotatable bonds is 1. The largest absolute Gasteiger partial charge is 0.573 e. The van der Waals surface area contributed by atoms with Crippen LogP contribution in [0.3, 0.4) is 0 Å². The van der Waals surface area contributed by atoms with Gasteiger partial charge in [0.1, 0.15) is 5.75 Å². The minimum Gasteiger partial charge on any atom is -0.406 e. The van der Waals surface area contributed by atoms with Gasteiger partial charge in [-0.2, -0.15) is 0 Å². The average Bonchev–Trinajstić information content (AvgIpc) is 2.04. The maximum Gasteiger partial charge on any atom is 0.573 e. The molecule has 5 heteroatoms. The monoisotopic (exact) mass is 208 g/mol. The molecule has 0 fully saturated rings. The summed E-state index contributed by atoms with van der Waals surface area (Å²) in [5.74, 6) is -0.194. The van der Waals surface area contributed by atoms with Crippen LogP contribution in [0.25, 0.3) is 0 Å². The molecule has 0 saturated carbocycles. The standard InChI is InChI=1S/C7H5F3O.C2H6O/c8-7(9,10)11-6-4-2-1-3-5-6;1-3-2/h1-5H;1-2H3. The number of methoxy groups -OCH3 is 1. The van der Waals surface area contributed by atoms with Gasteiger partial charge in [-0.05, 0) is 12.1 Å². The van der Waals surface area contributed by atoms with Crippen LogP contribution in [-0.4, -0.2) is 20.6 Å². The van der Waals surface area contributed by atoms with E-state index in [0.29, 0.717) is 0 Å². The molecule has 1 rings (SSSR count). The molecule has 80 valence electrons. The topological polar surface area (TPSA) is 18.5 Å². The van der Waals surface area contributed by atoms with Crippen LogP contribution in [0.5, 0.6) is 5.75 Å². The van der Waals surface area contributed by atoms with Gasteiger partial charge in [-0.25, -0.2) is 0 Å². The Balaban J connectivity index is 0.000000500. The van der Waals surface area contributed by atoms with Gasteiger partial charge in [-0.3, -0.25) is 0 Å². The SMILES string of the molecule is COC.FC(F)(F)Oc1ccccc1. The molecule has 0 saturated heterocycles. The first kappa shape index (κ1) is 12.8. The van der Waals surface area contributed by atoms with Gasteiger partial charge in [0.25, 0.3) is 0 Å². The first-order valence-corrected chi connectivity index (χ1v) is 3.70. The summed E-state index contributed by atoms with van der Waals surface area (Å²) in [6.45, 7) is 0. The molecule has 0 aromatic heterocycles. The second kappa shape index (κ2) is 6.26. The fourth-order valence-corrected chi connectivity index (χ4v) is 0.622. The third kappa shape index (κ3) is 7.42. The molecule has 0 N–H and O–H groups in total. The smallest absolute Gasteiger partial charge is 0.406 e. The van der Waals surface area contributed by atoms with E-state index in [1.807, 2.05) is 0 Å². The molecule has 0 aliphatic carbocycles. The molecule has 1 aromatic carbocycles. The van der Waals surface area contributed by atoms with Gasteiger partial charge in [0, 0.05) is 14.2 Å². The van der Waals surface area contributed by atoms with E-state index in [2.05, 4.69) is 9.47 Å². The lowest BCUT2D eigenvalue weighted by Gasteiger charge is -2.07. The summed E-state index contributed by atoms with van der Waals surface area (Å²) in [6.07, 6.45) is -4.60. The Bertz CT molecular complexity index is 234. The summed E-state index contributed by atoms with van der Waals surface area (Å²) < 4.78 is 42.4.